The summed E-state index contributed by atoms with van der Waals surface area (Å²) in [6, 6.07) is 8.27. The molecule has 4 rings (SSSR count). The zero-order valence-electron chi connectivity index (χ0n) is 18.6. The van der Waals surface area contributed by atoms with Crippen LogP contribution in [0.5, 0.6) is 0 Å². The van der Waals surface area contributed by atoms with Gasteiger partial charge in [0, 0.05) is 30.9 Å². The summed E-state index contributed by atoms with van der Waals surface area (Å²) in [6.45, 7) is 8.23. The number of nitrogens with one attached hydrogen (secondary N) is 1. The molecule has 7 nitrogen and oxygen atoms in total. The molecule has 2 heterocycles. The normalized spacial score (nSPS) is 19.3. The fourth-order valence-corrected chi connectivity index (χ4v) is 5.55. The molecule has 0 atom stereocenters. The van der Waals surface area contributed by atoms with Crippen molar-refractivity contribution in [1.82, 2.24) is 25.0 Å². The molecule has 1 saturated heterocycles. The summed E-state index contributed by atoms with van der Waals surface area (Å²) in [5.74, 6) is 1.21. The minimum Gasteiger partial charge on any atom is -0.379 e. The molecule has 1 amide bonds. The van der Waals surface area contributed by atoms with Crippen molar-refractivity contribution >= 4 is 17.7 Å². The highest BCUT2D eigenvalue weighted by Gasteiger charge is 2.38. The summed E-state index contributed by atoms with van der Waals surface area (Å²) in [7, 11) is 0. The number of aromatic nitrogens is 3. The molecule has 1 aliphatic carbocycles. The van der Waals surface area contributed by atoms with E-state index in [1.165, 1.54) is 36.6 Å². The monoisotopic (exact) mass is 443 g/mol. The van der Waals surface area contributed by atoms with Gasteiger partial charge in [-0.3, -0.25) is 14.3 Å². The Morgan fingerprint density at radius 1 is 1.10 bits per heavy atom. The second kappa shape index (κ2) is 10.1. The Morgan fingerprint density at radius 2 is 1.81 bits per heavy atom. The lowest BCUT2D eigenvalue weighted by molar-refractivity contribution is -0.119. The standard InChI is InChI=1S/C23H33N5O2S/c1-18-6-8-20(9-7-18)28-19(2)25-26-22(28)31-16-21(29)24-17-23(10-4-3-5-11-23)27-12-14-30-15-13-27/h6-9H,3-5,10-17H2,1-2H3,(H,24,29). The lowest BCUT2D eigenvalue weighted by Gasteiger charge is -2.48. The number of benzene rings is 1. The number of carbonyl (C=O) groups excluding carboxylic acids is 1. The van der Waals surface area contributed by atoms with Crippen molar-refractivity contribution in [3.63, 3.8) is 0 Å². The number of nitrogens with zero attached hydrogens (tertiary/aromatic N) is 4. The van der Waals surface area contributed by atoms with Crippen molar-refractivity contribution in [3.05, 3.63) is 35.7 Å². The first-order chi connectivity index (χ1) is 15.1. The van der Waals surface area contributed by atoms with E-state index in [1.807, 2.05) is 11.5 Å². The first-order valence-electron chi connectivity index (χ1n) is 11.3. The molecular formula is C23H33N5O2S. The van der Waals surface area contributed by atoms with E-state index in [9.17, 15) is 4.79 Å². The summed E-state index contributed by atoms with van der Waals surface area (Å²) in [6.07, 6.45) is 6.08. The van der Waals surface area contributed by atoms with Gasteiger partial charge in [-0.1, -0.05) is 48.7 Å². The molecule has 2 aromatic rings. The van der Waals surface area contributed by atoms with E-state index in [0.29, 0.717) is 5.75 Å². The SMILES string of the molecule is Cc1ccc(-n2c(C)nnc2SCC(=O)NCC2(N3CCOCC3)CCCCC2)cc1. The lowest BCUT2D eigenvalue weighted by Crippen LogP contribution is -2.59. The van der Waals surface area contributed by atoms with Crippen LogP contribution in [0.25, 0.3) is 5.69 Å². The predicted molar refractivity (Wildman–Crippen MR) is 123 cm³/mol. The molecule has 1 N–H and O–H groups in total. The van der Waals surface area contributed by atoms with Gasteiger partial charge >= 0.3 is 0 Å². The fourth-order valence-electron chi connectivity index (χ4n) is 4.72. The average molecular weight is 444 g/mol. The van der Waals surface area contributed by atoms with Crippen LogP contribution in [0.4, 0.5) is 0 Å². The summed E-state index contributed by atoms with van der Waals surface area (Å²) in [5, 5.41) is 12.5. The molecule has 0 spiro atoms. The number of thioether (sulfide) groups is 1. The van der Waals surface area contributed by atoms with Gasteiger partial charge in [0.05, 0.1) is 19.0 Å². The number of amides is 1. The fraction of sp³-hybridized carbons (Fsp3) is 0.609. The van der Waals surface area contributed by atoms with Crippen LogP contribution in [0.2, 0.25) is 0 Å². The maximum absolute atomic E-state index is 12.8. The number of rotatable bonds is 7. The molecule has 1 aliphatic heterocycles. The molecule has 1 aromatic heterocycles. The van der Waals surface area contributed by atoms with Crippen LogP contribution in [-0.4, -0.2) is 69.7 Å². The van der Waals surface area contributed by atoms with Gasteiger partial charge in [-0.25, -0.2) is 0 Å². The Hall–Kier alpha value is -1.90. The van der Waals surface area contributed by atoms with Crippen LogP contribution >= 0.6 is 11.8 Å². The van der Waals surface area contributed by atoms with Crippen molar-refractivity contribution in [2.24, 2.45) is 0 Å². The zero-order chi connectivity index (χ0) is 21.7. The van der Waals surface area contributed by atoms with E-state index >= 15 is 0 Å². The van der Waals surface area contributed by atoms with Crippen LogP contribution in [-0.2, 0) is 9.53 Å². The van der Waals surface area contributed by atoms with Crippen LogP contribution in [0, 0.1) is 13.8 Å². The van der Waals surface area contributed by atoms with Crippen molar-refractivity contribution in [1.29, 1.82) is 0 Å². The van der Waals surface area contributed by atoms with E-state index in [0.717, 1.165) is 62.4 Å². The number of morpholine rings is 1. The van der Waals surface area contributed by atoms with Crippen molar-refractivity contribution in [2.45, 2.75) is 56.6 Å². The van der Waals surface area contributed by atoms with Gasteiger partial charge < -0.3 is 10.1 Å². The molecule has 168 valence electrons. The largest absolute Gasteiger partial charge is 0.379 e. The highest BCUT2D eigenvalue weighted by Crippen LogP contribution is 2.34. The summed E-state index contributed by atoms with van der Waals surface area (Å²) in [5.41, 5.74) is 2.31. The highest BCUT2D eigenvalue weighted by atomic mass is 32.2. The second-order valence-electron chi connectivity index (χ2n) is 8.65. The topological polar surface area (TPSA) is 72.3 Å². The number of hydrogen-bond acceptors (Lipinski definition) is 6. The number of ether oxygens (including phenoxy) is 1. The molecule has 8 heteroatoms. The van der Waals surface area contributed by atoms with E-state index in [1.54, 1.807) is 0 Å². The number of carbonyl (C=O) groups is 1. The van der Waals surface area contributed by atoms with Gasteiger partial charge in [0.15, 0.2) is 5.16 Å². The number of hydrogen-bond donors (Lipinski definition) is 1. The van der Waals surface area contributed by atoms with Gasteiger partial charge in [0.25, 0.3) is 0 Å². The third-order valence-corrected chi connectivity index (χ3v) is 7.43. The molecule has 1 saturated carbocycles. The van der Waals surface area contributed by atoms with Crippen molar-refractivity contribution < 1.29 is 9.53 Å². The van der Waals surface area contributed by atoms with E-state index < -0.39 is 0 Å². The molecule has 0 bridgehead atoms. The van der Waals surface area contributed by atoms with Crippen molar-refractivity contribution in [2.75, 3.05) is 38.6 Å². The third-order valence-electron chi connectivity index (χ3n) is 6.50. The average Bonchev–Trinajstić information content (AvgIpc) is 3.18. The maximum atomic E-state index is 12.8. The molecule has 0 radical (unpaired) electrons. The minimum absolute atomic E-state index is 0.0549. The molecule has 2 aliphatic rings. The van der Waals surface area contributed by atoms with Gasteiger partial charge in [0.2, 0.25) is 5.91 Å². The quantitative estimate of drug-likeness (QED) is 0.663. The van der Waals surface area contributed by atoms with Crippen LogP contribution in [0.3, 0.4) is 0 Å². The van der Waals surface area contributed by atoms with Crippen LogP contribution in [0.1, 0.15) is 43.5 Å². The van der Waals surface area contributed by atoms with E-state index in [4.69, 9.17) is 4.74 Å². The summed E-state index contributed by atoms with van der Waals surface area (Å²) < 4.78 is 7.56. The molecule has 2 fully saturated rings. The maximum Gasteiger partial charge on any atom is 0.230 e. The Morgan fingerprint density at radius 3 is 2.52 bits per heavy atom. The lowest BCUT2D eigenvalue weighted by atomic mass is 9.79. The minimum atomic E-state index is 0.0549. The van der Waals surface area contributed by atoms with Gasteiger partial charge in [0.1, 0.15) is 5.82 Å². The molecule has 1 aromatic carbocycles. The summed E-state index contributed by atoms with van der Waals surface area (Å²) >= 11 is 1.44. The Labute approximate surface area is 188 Å². The third kappa shape index (κ3) is 5.30. The highest BCUT2D eigenvalue weighted by molar-refractivity contribution is 7.99. The van der Waals surface area contributed by atoms with E-state index in [-0.39, 0.29) is 11.4 Å². The van der Waals surface area contributed by atoms with Gasteiger partial charge in [-0.2, -0.15) is 0 Å². The zero-order valence-corrected chi connectivity index (χ0v) is 19.4. The first kappa shape index (κ1) is 22.3. The van der Waals surface area contributed by atoms with Gasteiger partial charge in [-0.15, -0.1) is 10.2 Å². The Bertz CT molecular complexity index is 871. The Balaban J connectivity index is 1.36. The van der Waals surface area contributed by atoms with Crippen LogP contribution < -0.4 is 5.32 Å². The predicted octanol–water partition coefficient (Wildman–Crippen LogP) is 3.13. The van der Waals surface area contributed by atoms with E-state index in [2.05, 4.69) is 51.6 Å². The smallest absolute Gasteiger partial charge is 0.230 e. The number of aryl methyl sites for hydroxylation is 2. The molecule has 31 heavy (non-hydrogen) atoms. The van der Waals surface area contributed by atoms with Gasteiger partial charge in [-0.05, 0) is 38.8 Å². The van der Waals surface area contributed by atoms with Crippen molar-refractivity contribution in [3.8, 4) is 5.69 Å². The second-order valence-corrected chi connectivity index (χ2v) is 9.59. The van der Waals surface area contributed by atoms with Crippen LogP contribution in [0.15, 0.2) is 29.4 Å². The molecular weight excluding hydrogens is 410 g/mol. The Kier molecular flexibility index (Phi) is 7.30. The first-order valence-corrected chi connectivity index (χ1v) is 12.3. The molecule has 0 unspecified atom stereocenters. The summed E-state index contributed by atoms with van der Waals surface area (Å²) in [4.78, 5) is 15.3.